The number of anilines is 2. The Morgan fingerprint density at radius 1 is 0.652 bits per heavy atom. The average molecular weight is 592 g/mol. The van der Waals surface area contributed by atoms with Crippen molar-refractivity contribution in [2.24, 2.45) is 0 Å². The minimum Gasteiger partial charge on any atom is -0.457 e. The molecule has 1 aliphatic rings. The van der Waals surface area contributed by atoms with Crippen LogP contribution in [0.3, 0.4) is 0 Å². The van der Waals surface area contributed by atoms with E-state index in [1.165, 1.54) is 27.7 Å². The predicted octanol–water partition coefficient (Wildman–Crippen LogP) is 9.06. The number of para-hydroxylation sites is 3. The van der Waals surface area contributed by atoms with E-state index in [-0.39, 0.29) is 0 Å². The minimum absolute atomic E-state index is 0.677. The van der Waals surface area contributed by atoms with E-state index in [9.17, 15) is 0 Å². The normalized spacial score (nSPS) is 14.2. The van der Waals surface area contributed by atoms with Crippen LogP contribution in [-0.2, 0) is 6.42 Å². The van der Waals surface area contributed by atoms with Gasteiger partial charge in [0.2, 0.25) is 0 Å². The highest BCUT2D eigenvalue weighted by molar-refractivity contribution is 6.01. The summed E-state index contributed by atoms with van der Waals surface area (Å²) in [5, 5.41) is 4.56. The van der Waals surface area contributed by atoms with E-state index < -0.39 is 0 Å². The van der Waals surface area contributed by atoms with E-state index in [1.54, 1.807) is 0 Å². The van der Waals surface area contributed by atoms with Crippen LogP contribution in [0, 0.1) is 0 Å². The van der Waals surface area contributed by atoms with Gasteiger partial charge in [-0.2, -0.15) is 0 Å². The molecule has 4 nitrogen and oxygen atoms in total. The van der Waals surface area contributed by atoms with Gasteiger partial charge in [-0.1, -0.05) is 104 Å². The Morgan fingerprint density at radius 3 is 2.24 bits per heavy atom. The number of hydrogen-bond acceptors (Lipinski definition) is 3. The van der Waals surface area contributed by atoms with Crippen LogP contribution in [0.4, 0.5) is 11.4 Å². The van der Waals surface area contributed by atoms with Gasteiger partial charge in [-0.15, -0.1) is 0 Å². The highest BCUT2D eigenvalue weighted by atomic mass is 16.3. The summed E-state index contributed by atoms with van der Waals surface area (Å²) >= 11 is 0. The van der Waals surface area contributed by atoms with Gasteiger partial charge in [-0.05, 0) is 65.6 Å². The molecule has 0 N–H and O–H groups in total. The monoisotopic (exact) mass is 591 g/mol. The molecule has 0 radical (unpaired) electrons. The Balaban J connectivity index is 1.21. The van der Waals surface area contributed by atoms with Gasteiger partial charge >= 0.3 is 0 Å². The van der Waals surface area contributed by atoms with Crippen LogP contribution in [0.1, 0.15) is 5.56 Å². The molecule has 218 valence electrons. The summed E-state index contributed by atoms with van der Waals surface area (Å²) in [4.78, 5) is 7.45. The number of furan rings is 1. The van der Waals surface area contributed by atoms with Crippen molar-refractivity contribution in [1.82, 2.24) is 9.55 Å². The zero-order valence-corrected chi connectivity index (χ0v) is 25.1. The molecular formula is C42H29N3O. The third kappa shape index (κ3) is 4.19. The minimum atomic E-state index is 0.677. The predicted molar refractivity (Wildman–Crippen MR) is 190 cm³/mol. The van der Waals surface area contributed by atoms with Crippen LogP contribution < -0.4 is 15.5 Å². The zero-order chi connectivity index (χ0) is 30.6. The number of benzene rings is 6. The summed E-state index contributed by atoms with van der Waals surface area (Å²) in [6, 6.07) is 48.9. The Labute approximate surface area is 266 Å². The SMILES string of the molecule is C=c1oc2ccccc2/c1=C/C=C1\Cc2ccc3ccccc3c2N1c1ccc(-n2c(-c3ccccc3)nc3ccccc32)cc1. The third-order valence-electron chi connectivity index (χ3n) is 8.98. The summed E-state index contributed by atoms with van der Waals surface area (Å²) in [6.45, 7) is 4.20. The molecule has 1 aliphatic heterocycles. The number of allylic oxidation sites excluding steroid dienone is 2. The van der Waals surface area contributed by atoms with Crippen LogP contribution in [0.25, 0.3) is 62.5 Å². The fraction of sp³-hybridized carbons (Fsp3) is 0.0238. The lowest BCUT2D eigenvalue weighted by molar-refractivity contribution is 0.577. The van der Waals surface area contributed by atoms with Crippen LogP contribution in [0.15, 0.2) is 156 Å². The van der Waals surface area contributed by atoms with Crippen molar-refractivity contribution in [3.8, 4) is 17.1 Å². The van der Waals surface area contributed by atoms with Crippen LogP contribution in [0.5, 0.6) is 0 Å². The van der Waals surface area contributed by atoms with Crippen LogP contribution in [-0.4, -0.2) is 9.55 Å². The van der Waals surface area contributed by atoms with Crippen molar-refractivity contribution >= 4 is 56.8 Å². The lowest BCUT2D eigenvalue weighted by atomic mass is 10.0. The smallest absolute Gasteiger partial charge is 0.145 e. The van der Waals surface area contributed by atoms with E-state index in [4.69, 9.17) is 9.40 Å². The third-order valence-corrected chi connectivity index (χ3v) is 8.98. The number of aromatic nitrogens is 2. The van der Waals surface area contributed by atoms with Gasteiger partial charge in [0, 0.05) is 45.0 Å². The van der Waals surface area contributed by atoms with Crippen molar-refractivity contribution in [2.75, 3.05) is 4.90 Å². The first-order valence-electron chi connectivity index (χ1n) is 15.5. The molecule has 3 heterocycles. The standard InChI is InChI=1S/C42H29N3O/c1-28-35(37-15-7-10-18-40(37)46-28)26-25-34-27-31-20-19-29-11-5-6-14-36(29)41(31)44(34)32-21-23-33(24-22-32)45-39-17-9-8-16-38(39)43-42(45)30-12-3-2-4-13-30/h2-26H,1,27H2/b34-25+,35-26+. The van der Waals surface area contributed by atoms with E-state index >= 15 is 0 Å². The van der Waals surface area contributed by atoms with Crippen LogP contribution >= 0.6 is 0 Å². The fourth-order valence-electron chi connectivity index (χ4n) is 6.85. The molecule has 0 saturated heterocycles. The van der Waals surface area contributed by atoms with Gasteiger partial charge in [-0.25, -0.2) is 4.98 Å². The highest BCUT2D eigenvalue weighted by Crippen LogP contribution is 2.45. The zero-order valence-electron chi connectivity index (χ0n) is 25.1. The highest BCUT2D eigenvalue weighted by Gasteiger charge is 2.27. The largest absolute Gasteiger partial charge is 0.457 e. The molecule has 2 aromatic heterocycles. The van der Waals surface area contributed by atoms with Gasteiger partial charge in [0.1, 0.15) is 16.8 Å². The molecule has 0 fully saturated rings. The van der Waals surface area contributed by atoms with Gasteiger partial charge in [0.15, 0.2) is 0 Å². The summed E-state index contributed by atoms with van der Waals surface area (Å²) in [6.07, 6.45) is 5.21. The lowest BCUT2D eigenvalue weighted by Gasteiger charge is -2.23. The molecule has 4 heteroatoms. The van der Waals surface area contributed by atoms with E-state index in [1.807, 2.05) is 30.3 Å². The van der Waals surface area contributed by atoms with Crippen molar-refractivity contribution in [1.29, 1.82) is 0 Å². The van der Waals surface area contributed by atoms with Crippen molar-refractivity contribution in [3.63, 3.8) is 0 Å². The van der Waals surface area contributed by atoms with Gasteiger partial charge in [0.05, 0.1) is 16.7 Å². The van der Waals surface area contributed by atoms with Crippen molar-refractivity contribution in [2.45, 2.75) is 6.42 Å². The number of nitrogens with zero attached hydrogens (tertiary/aromatic N) is 3. The molecule has 0 spiro atoms. The first kappa shape index (κ1) is 26.3. The van der Waals surface area contributed by atoms with Gasteiger partial charge in [0.25, 0.3) is 0 Å². The molecule has 0 unspecified atom stereocenters. The second-order valence-corrected chi connectivity index (χ2v) is 11.7. The summed E-state index contributed by atoms with van der Waals surface area (Å²) < 4.78 is 8.23. The Hall–Kier alpha value is -6.13. The van der Waals surface area contributed by atoms with Crippen molar-refractivity contribution in [3.05, 3.63) is 167 Å². The number of imidazole rings is 1. The fourth-order valence-corrected chi connectivity index (χ4v) is 6.85. The quantitative estimate of drug-likeness (QED) is 0.205. The molecule has 0 amide bonds. The summed E-state index contributed by atoms with van der Waals surface area (Å²) in [5.41, 5.74) is 10.6. The first-order valence-corrected chi connectivity index (χ1v) is 15.5. The molecule has 0 aliphatic carbocycles. The maximum absolute atomic E-state index is 5.97. The number of hydrogen-bond donors (Lipinski definition) is 0. The van der Waals surface area contributed by atoms with E-state index in [2.05, 4.69) is 137 Å². The molecule has 6 aromatic carbocycles. The maximum Gasteiger partial charge on any atom is 0.145 e. The molecular weight excluding hydrogens is 562 g/mol. The van der Waals surface area contributed by atoms with Crippen molar-refractivity contribution < 1.29 is 4.42 Å². The summed E-state index contributed by atoms with van der Waals surface area (Å²) in [5.74, 6) is 0.929. The molecule has 8 aromatic rings. The molecule has 0 saturated carbocycles. The Morgan fingerprint density at radius 2 is 1.37 bits per heavy atom. The van der Waals surface area contributed by atoms with E-state index in [0.717, 1.165) is 56.4 Å². The maximum atomic E-state index is 5.97. The average Bonchev–Trinajstić information content (AvgIpc) is 3.78. The molecule has 0 atom stereocenters. The topological polar surface area (TPSA) is 34.2 Å². The number of rotatable bonds is 4. The summed E-state index contributed by atoms with van der Waals surface area (Å²) in [7, 11) is 0. The van der Waals surface area contributed by atoms with Crippen LogP contribution in [0.2, 0.25) is 0 Å². The van der Waals surface area contributed by atoms with Gasteiger partial charge in [-0.3, -0.25) is 4.57 Å². The first-order chi connectivity index (χ1) is 22.7. The molecule has 46 heavy (non-hydrogen) atoms. The Kier molecular flexibility index (Phi) is 6.00. The molecule has 0 bridgehead atoms. The molecule has 9 rings (SSSR count). The Bertz CT molecular complexity index is 2570. The van der Waals surface area contributed by atoms with Gasteiger partial charge < -0.3 is 9.32 Å². The second kappa shape index (κ2) is 10.5. The van der Waals surface area contributed by atoms with E-state index in [0.29, 0.717) is 5.42 Å². The lowest BCUT2D eigenvalue weighted by Crippen LogP contribution is -2.18. The second-order valence-electron chi connectivity index (χ2n) is 11.7. The number of fused-ring (bicyclic) bond motifs is 5.